The second kappa shape index (κ2) is 9.04. The highest BCUT2D eigenvalue weighted by molar-refractivity contribution is 4.88. The van der Waals surface area contributed by atoms with E-state index >= 15 is 0 Å². The fraction of sp³-hybridized carbons (Fsp3) is 1.00. The van der Waals surface area contributed by atoms with Crippen molar-refractivity contribution in [1.29, 1.82) is 0 Å². The Hall–Kier alpha value is -0.0700. The van der Waals surface area contributed by atoms with Gasteiger partial charge in [-0.1, -0.05) is 39.5 Å². The van der Waals surface area contributed by atoms with Crippen molar-refractivity contribution in [2.75, 3.05) is 0 Å². The van der Waals surface area contributed by atoms with Crippen molar-refractivity contribution in [1.82, 2.24) is 0 Å². The fourth-order valence-electron chi connectivity index (χ4n) is 6.49. The SMILES string of the molecule is CCCC1CCC(C2CCC(C3CCC(CC)CC3)CC2)CC1F. The first-order valence-electron chi connectivity index (χ1n) is 11.3. The fourth-order valence-corrected chi connectivity index (χ4v) is 6.49. The molecule has 3 aliphatic rings. The Morgan fingerprint density at radius 1 is 0.667 bits per heavy atom. The molecule has 3 fully saturated rings. The van der Waals surface area contributed by atoms with E-state index in [0.717, 1.165) is 42.9 Å². The van der Waals surface area contributed by atoms with Gasteiger partial charge in [-0.3, -0.25) is 0 Å². The highest BCUT2D eigenvalue weighted by Gasteiger charge is 2.37. The molecule has 3 aliphatic carbocycles. The van der Waals surface area contributed by atoms with Crippen molar-refractivity contribution in [2.45, 2.75) is 110 Å². The van der Waals surface area contributed by atoms with Gasteiger partial charge in [0.25, 0.3) is 0 Å². The first-order chi connectivity index (χ1) is 11.7. The molecule has 3 rings (SSSR count). The Morgan fingerprint density at radius 3 is 1.67 bits per heavy atom. The van der Waals surface area contributed by atoms with Gasteiger partial charge in [0.15, 0.2) is 0 Å². The third-order valence-corrected chi connectivity index (χ3v) is 8.23. The summed E-state index contributed by atoms with van der Waals surface area (Å²) < 4.78 is 14.5. The van der Waals surface area contributed by atoms with Gasteiger partial charge in [-0.05, 0) is 99.7 Å². The molecule has 140 valence electrons. The Bertz CT molecular complexity index is 349. The third-order valence-electron chi connectivity index (χ3n) is 8.23. The lowest BCUT2D eigenvalue weighted by atomic mass is 9.64. The zero-order valence-electron chi connectivity index (χ0n) is 16.3. The number of hydrogen-bond acceptors (Lipinski definition) is 0. The van der Waals surface area contributed by atoms with Crippen LogP contribution < -0.4 is 0 Å². The summed E-state index contributed by atoms with van der Waals surface area (Å²) in [5, 5.41) is 0. The predicted molar refractivity (Wildman–Crippen MR) is 102 cm³/mol. The molecule has 0 N–H and O–H groups in total. The van der Waals surface area contributed by atoms with E-state index in [0.29, 0.717) is 11.8 Å². The molecule has 0 bridgehead atoms. The average Bonchev–Trinajstić information content (AvgIpc) is 2.64. The van der Waals surface area contributed by atoms with Crippen LogP contribution in [-0.2, 0) is 0 Å². The van der Waals surface area contributed by atoms with Crippen LogP contribution in [0.4, 0.5) is 4.39 Å². The number of hydrogen-bond donors (Lipinski definition) is 0. The molecule has 3 saturated carbocycles. The van der Waals surface area contributed by atoms with Crippen molar-refractivity contribution < 1.29 is 4.39 Å². The van der Waals surface area contributed by atoms with Crippen LogP contribution in [0.25, 0.3) is 0 Å². The Kier molecular flexibility index (Phi) is 7.05. The molecule has 0 aliphatic heterocycles. The van der Waals surface area contributed by atoms with E-state index in [1.807, 2.05) is 0 Å². The van der Waals surface area contributed by atoms with E-state index in [4.69, 9.17) is 0 Å². The maximum Gasteiger partial charge on any atom is 0.103 e. The quantitative estimate of drug-likeness (QED) is 0.486. The van der Waals surface area contributed by atoms with Crippen molar-refractivity contribution in [2.24, 2.45) is 35.5 Å². The van der Waals surface area contributed by atoms with E-state index in [2.05, 4.69) is 13.8 Å². The normalized spacial score (nSPS) is 44.4. The molecule has 1 heteroatoms. The largest absolute Gasteiger partial charge is 0.247 e. The maximum atomic E-state index is 14.5. The molecule has 24 heavy (non-hydrogen) atoms. The molecule has 0 nitrogen and oxygen atoms in total. The summed E-state index contributed by atoms with van der Waals surface area (Å²) >= 11 is 0. The molecule has 0 amide bonds. The summed E-state index contributed by atoms with van der Waals surface area (Å²) in [7, 11) is 0. The van der Waals surface area contributed by atoms with Crippen LogP contribution in [0, 0.1) is 35.5 Å². The maximum absolute atomic E-state index is 14.5. The third kappa shape index (κ3) is 4.55. The van der Waals surface area contributed by atoms with Gasteiger partial charge in [-0.2, -0.15) is 0 Å². The first-order valence-corrected chi connectivity index (χ1v) is 11.3. The Balaban J connectivity index is 1.41. The van der Waals surface area contributed by atoms with E-state index < -0.39 is 6.17 Å². The molecule has 3 atom stereocenters. The molecule has 0 saturated heterocycles. The summed E-state index contributed by atoms with van der Waals surface area (Å²) in [6.45, 7) is 4.57. The van der Waals surface area contributed by atoms with Gasteiger partial charge >= 0.3 is 0 Å². The van der Waals surface area contributed by atoms with Gasteiger partial charge in [0.05, 0.1) is 0 Å². The second-order valence-corrected chi connectivity index (χ2v) is 9.50. The summed E-state index contributed by atoms with van der Waals surface area (Å²) in [4.78, 5) is 0. The smallest absolute Gasteiger partial charge is 0.103 e. The van der Waals surface area contributed by atoms with Crippen LogP contribution in [0.15, 0.2) is 0 Å². The zero-order valence-corrected chi connectivity index (χ0v) is 16.3. The van der Waals surface area contributed by atoms with Crippen molar-refractivity contribution >= 4 is 0 Å². The summed E-state index contributed by atoms with van der Waals surface area (Å²) in [6.07, 6.45) is 18.3. The molecular weight excluding hydrogens is 295 g/mol. The molecule has 0 aromatic carbocycles. The van der Waals surface area contributed by atoms with Crippen LogP contribution in [0.1, 0.15) is 104 Å². The summed E-state index contributed by atoms with van der Waals surface area (Å²) in [6, 6.07) is 0. The Morgan fingerprint density at radius 2 is 1.17 bits per heavy atom. The molecule has 0 aromatic heterocycles. The summed E-state index contributed by atoms with van der Waals surface area (Å²) in [5.74, 6) is 5.02. The van der Waals surface area contributed by atoms with Gasteiger partial charge in [0.1, 0.15) is 6.17 Å². The minimum atomic E-state index is -0.495. The van der Waals surface area contributed by atoms with Crippen molar-refractivity contribution in [3.8, 4) is 0 Å². The standard InChI is InChI=1S/C23H41F/c1-3-5-21-14-15-22(16-23(21)24)20-12-10-19(11-13-20)18-8-6-17(4-2)7-9-18/h17-23H,3-16H2,1-2H3. The lowest BCUT2D eigenvalue weighted by molar-refractivity contribution is 0.0611. The van der Waals surface area contributed by atoms with Gasteiger partial charge in [-0.25, -0.2) is 4.39 Å². The Labute approximate surface area is 150 Å². The molecule has 3 unspecified atom stereocenters. The van der Waals surface area contributed by atoms with Gasteiger partial charge < -0.3 is 0 Å². The molecule has 0 aromatic rings. The highest BCUT2D eigenvalue weighted by Crippen LogP contribution is 2.46. The second-order valence-electron chi connectivity index (χ2n) is 9.50. The molecule has 0 heterocycles. The average molecular weight is 337 g/mol. The number of rotatable bonds is 5. The topological polar surface area (TPSA) is 0 Å². The van der Waals surface area contributed by atoms with Crippen molar-refractivity contribution in [3.05, 3.63) is 0 Å². The molecule has 0 spiro atoms. The lowest BCUT2D eigenvalue weighted by Gasteiger charge is -2.42. The van der Waals surface area contributed by atoms with E-state index in [9.17, 15) is 4.39 Å². The van der Waals surface area contributed by atoms with Crippen LogP contribution in [0.5, 0.6) is 0 Å². The van der Waals surface area contributed by atoms with Gasteiger partial charge in [0, 0.05) is 0 Å². The lowest BCUT2D eigenvalue weighted by Crippen LogP contribution is -2.33. The number of halogens is 1. The van der Waals surface area contributed by atoms with E-state index in [-0.39, 0.29) is 0 Å². The van der Waals surface area contributed by atoms with Gasteiger partial charge in [-0.15, -0.1) is 0 Å². The minimum absolute atomic E-state index is 0.385. The van der Waals surface area contributed by atoms with Crippen LogP contribution in [0.2, 0.25) is 0 Å². The van der Waals surface area contributed by atoms with Crippen molar-refractivity contribution in [3.63, 3.8) is 0 Å². The zero-order chi connectivity index (χ0) is 16.9. The van der Waals surface area contributed by atoms with Crippen LogP contribution in [-0.4, -0.2) is 6.17 Å². The monoisotopic (exact) mass is 336 g/mol. The predicted octanol–water partition coefficient (Wildman–Crippen LogP) is 7.56. The van der Waals surface area contributed by atoms with E-state index in [1.54, 1.807) is 0 Å². The van der Waals surface area contributed by atoms with Crippen LogP contribution in [0.3, 0.4) is 0 Å². The summed E-state index contributed by atoms with van der Waals surface area (Å²) in [5.41, 5.74) is 0. The first kappa shape index (κ1) is 18.7. The highest BCUT2D eigenvalue weighted by atomic mass is 19.1. The molecular formula is C23H41F. The molecule has 0 radical (unpaired) electrons. The van der Waals surface area contributed by atoms with E-state index in [1.165, 1.54) is 70.6 Å². The van der Waals surface area contributed by atoms with Gasteiger partial charge in [0.2, 0.25) is 0 Å². The van der Waals surface area contributed by atoms with Crippen LogP contribution >= 0.6 is 0 Å². The number of alkyl halides is 1. The minimum Gasteiger partial charge on any atom is -0.247 e.